The van der Waals surface area contributed by atoms with Gasteiger partial charge in [0.2, 0.25) is 5.88 Å². The highest BCUT2D eigenvalue weighted by Crippen LogP contribution is 2.46. The molecule has 0 fully saturated rings. The summed E-state index contributed by atoms with van der Waals surface area (Å²) in [5.41, 5.74) is 10.9. The highest BCUT2D eigenvalue weighted by molar-refractivity contribution is 5.99. The van der Waals surface area contributed by atoms with Gasteiger partial charge >= 0.3 is 0 Å². The lowest BCUT2D eigenvalue weighted by atomic mass is 9.77. The lowest BCUT2D eigenvalue weighted by Crippen LogP contribution is -2.27. The molecule has 2 N–H and O–H groups in total. The van der Waals surface area contributed by atoms with Gasteiger partial charge in [-0.1, -0.05) is 18.2 Å². The summed E-state index contributed by atoms with van der Waals surface area (Å²) in [4.78, 5) is 13.1. The summed E-state index contributed by atoms with van der Waals surface area (Å²) < 4.78 is 9.38. The Labute approximate surface area is 191 Å². The minimum absolute atomic E-state index is 0.0131. The molecule has 166 valence electrons. The molecule has 1 atom stereocenters. The van der Waals surface area contributed by atoms with Crippen LogP contribution in [-0.2, 0) is 16.1 Å². The molecule has 0 saturated heterocycles. The van der Waals surface area contributed by atoms with Crippen LogP contribution in [0.5, 0.6) is 0 Å². The summed E-state index contributed by atoms with van der Waals surface area (Å²) in [5, 5.41) is 19.5. The molecule has 8 nitrogen and oxygen atoms in total. The van der Waals surface area contributed by atoms with Gasteiger partial charge in [0.25, 0.3) is 0 Å². The van der Waals surface area contributed by atoms with E-state index in [1.807, 2.05) is 61.3 Å². The molecule has 5 rings (SSSR count). The van der Waals surface area contributed by atoms with E-state index in [0.717, 1.165) is 29.1 Å². The molecular formula is C25H24N6O2. The summed E-state index contributed by atoms with van der Waals surface area (Å²) in [5.74, 6) is -0.0354. The van der Waals surface area contributed by atoms with Crippen molar-refractivity contribution in [1.29, 1.82) is 5.26 Å². The van der Waals surface area contributed by atoms with E-state index in [1.165, 1.54) is 0 Å². The number of carbonyl (C=O) groups excluding carboxylic acids is 1. The molecule has 3 aromatic rings. The number of allylic oxidation sites excluding steroid dienone is 3. The predicted octanol–water partition coefficient (Wildman–Crippen LogP) is 3.88. The number of aryl methyl sites for hydroxylation is 2. The van der Waals surface area contributed by atoms with Gasteiger partial charge in [-0.25, -0.2) is 4.68 Å². The van der Waals surface area contributed by atoms with Crippen molar-refractivity contribution in [2.45, 2.75) is 45.6 Å². The van der Waals surface area contributed by atoms with Gasteiger partial charge in [-0.2, -0.15) is 15.5 Å². The molecule has 0 radical (unpaired) electrons. The number of para-hydroxylation sites is 1. The number of nitrogens with zero attached hydrogens (tertiary/aromatic N) is 5. The Balaban J connectivity index is 1.78. The number of carbonyl (C=O) groups is 1. The maximum atomic E-state index is 13.1. The zero-order chi connectivity index (χ0) is 23.1. The van der Waals surface area contributed by atoms with Crippen molar-refractivity contribution in [3.05, 3.63) is 76.8 Å². The minimum Gasteiger partial charge on any atom is -0.444 e. The number of nitriles is 1. The average molecular weight is 441 g/mol. The molecule has 2 aliphatic rings. The molecule has 8 heteroatoms. The molecule has 0 unspecified atom stereocenters. The average Bonchev–Trinajstić information content (AvgIpc) is 3.42. The second-order valence-corrected chi connectivity index (χ2v) is 8.24. The zero-order valence-corrected chi connectivity index (χ0v) is 18.6. The number of rotatable bonds is 4. The highest BCUT2D eigenvalue weighted by atomic mass is 16.5. The summed E-state index contributed by atoms with van der Waals surface area (Å²) in [6.07, 6.45) is 5.59. The molecule has 2 aromatic heterocycles. The van der Waals surface area contributed by atoms with Crippen molar-refractivity contribution in [1.82, 2.24) is 19.6 Å². The van der Waals surface area contributed by atoms with E-state index in [4.69, 9.17) is 15.6 Å². The Bertz CT molecular complexity index is 1350. The lowest BCUT2D eigenvalue weighted by Gasteiger charge is -2.30. The normalized spacial score (nSPS) is 18.2. The van der Waals surface area contributed by atoms with E-state index in [9.17, 15) is 10.1 Å². The van der Waals surface area contributed by atoms with Crippen molar-refractivity contribution in [2.75, 3.05) is 0 Å². The van der Waals surface area contributed by atoms with Crippen LogP contribution in [0.3, 0.4) is 0 Å². The number of Topliss-reactive ketones (excluding diaryl/α,β-unsaturated/α-hetero) is 1. The molecule has 1 aromatic carbocycles. The van der Waals surface area contributed by atoms with Crippen LogP contribution < -0.4 is 5.73 Å². The first-order chi connectivity index (χ1) is 16.0. The van der Waals surface area contributed by atoms with Crippen LogP contribution in [0.15, 0.2) is 65.5 Å². The van der Waals surface area contributed by atoms with E-state index in [-0.39, 0.29) is 17.2 Å². The third kappa shape index (κ3) is 3.42. The summed E-state index contributed by atoms with van der Waals surface area (Å²) in [6.45, 7) is 4.67. The van der Waals surface area contributed by atoms with E-state index >= 15 is 0 Å². The number of nitrogens with two attached hydrogens (primary N) is 1. The van der Waals surface area contributed by atoms with Crippen LogP contribution in [0.1, 0.15) is 43.4 Å². The van der Waals surface area contributed by atoms with Gasteiger partial charge in [-0.3, -0.25) is 9.48 Å². The van der Waals surface area contributed by atoms with Crippen LogP contribution in [0.4, 0.5) is 0 Å². The SMILES string of the molecule is CCn1cc(-c2nn(-c3ccccc3)cc2[C@H]2C(C#N)=C(N)OC3=C2C(=O)CCC3)c(C)n1. The molecule has 1 aliphatic carbocycles. The van der Waals surface area contributed by atoms with Crippen molar-refractivity contribution in [2.24, 2.45) is 5.73 Å². The first-order valence-electron chi connectivity index (χ1n) is 11.0. The van der Waals surface area contributed by atoms with E-state index in [1.54, 1.807) is 4.68 Å². The summed E-state index contributed by atoms with van der Waals surface area (Å²) in [6, 6.07) is 11.9. The van der Waals surface area contributed by atoms with E-state index in [2.05, 4.69) is 11.2 Å². The quantitative estimate of drug-likeness (QED) is 0.659. The van der Waals surface area contributed by atoms with Gasteiger partial charge in [0.15, 0.2) is 5.78 Å². The Morgan fingerprint density at radius 1 is 1.21 bits per heavy atom. The lowest BCUT2D eigenvalue weighted by molar-refractivity contribution is -0.116. The first-order valence-corrected chi connectivity index (χ1v) is 11.0. The third-order valence-corrected chi connectivity index (χ3v) is 6.20. The molecular weight excluding hydrogens is 416 g/mol. The molecule has 0 bridgehead atoms. The second-order valence-electron chi connectivity index (χ2n) is 8.24. The van der Waals surface area contributed by atoms with Crippen LogP contribution in [0.25, 0.3) is 16.9 Å². The van der Waals surface area contributed by atoms with Crippen LogP contribution in [-0.4, -0.2) is 25.3 Å². The Morgan fingerprint density at radius 3 is 2.70 bits per heavy atom. The molecule has 0 spiro atoms. The van der Waals surface area contributed by atoms with Gasteiger partial charge in [0, 0.05) is 48.5 Å². The predicted molar refractivity (Wildman–Crippen MR) is 122 cm³/mol. The zero-order valence-electron chi connectivity index (χ0n) is 18.6. The molecule has 0 amide bonds. The molecule has 33 heavy (non-hydrogen) atoms. The van der Waals surface area contributed by atoms with Crippen molar-refractivity contribution >= 4 is 5.78 Å². The van der Waals surface area contributed by atoms with Gasteiger partial charge in [-0.05, 0) is 32.4 Å². The fraction of sp³-hybridized carbons (Fsp3) is 0.280. The van der Waals surface area contributed by atoms with Crippen LogP contribution >= 0.6 is 0 Å². The third-order valence-electron chi connectivity index (χ3n) is 6.20. The van der Waals surface area contributed by atoms with Crippen LogP contribution in [0, 0.1) is 18.3 Å². The highest BCUT2D eigenvalue weighted by Gasteiger charge is 2.40. The Hall–Kier alpha value is -4.12. The van der Waals surface area contributed by atoms with Gasteiger partial charge in [0.05, 0.1) is 17.3 Å². The van der Waals surface area contributed by atoms with Crippen molar-refractivity contribution in [3.8, 4) is 23.0 Å². The number of ether oxygens (including phenoxy) is 1. The van der Waals surface area contributed by atoms with E-state index in [0.29, 0.717) is 36.3 Å². The number of aromatic nitrogens is 4. The number of hydrogen-bond donors (Lipinski definition) is 1. The topological polar surface area (TPSA) is 112 Å². The second kappa shape index (κ2) is 8.10. The summed E-state index contributed by atoms with van der Waals surface area (Å²) >= 11 is 0. The molecule has 0 saturated carbocycles. The molecule has 3 heterocycles. The monoisotopic (exact) mass is 440 g/mol. The maximum Gasteiger partial charge on any atom is 0.205 e. The number of ketones is 1. The first kappa shape index (κ1) is 20.8. The fourth-order valence-corrected chi connectivity index (χ4v) is 4.60. The summed E-state index contributed by atoms with van der Waals surface area (Å²) in [7, 11) is 0. The van der Waals surface area contributed by atoms with Gasteiger partial charge in [0.1, 0.15) is 23.1 Å². The van der Waals surface area contributed by atoms with Gasteiger partial charge in [-0.15, -0.1) is 0 Å². The standard InChI is InChI=1S/C25H24N6O2/c1-3-30-13-18(15(2)28-30)24-19(14-31(29-24)16-8-5-4-6-9-16)22-17(12-26)25(27)33-21-11-7-10-20(32)23(21)22/h4-6,8-9,13-14,22H,3,7,10-11,27H2,1-2H3/t22-/m1/s1. The number of hydrogen-bond acceptors (Lipinski definition) is 6. The van der Waals surface area contributed by atoms with Crippen molar-refractivity contribution in [3.63, 3.8) is 0 Å². The molecule has 1 aliphatic heterocycles. The Morgan fingerprint density at radius 2 is 2.00 bits per heavy atom. The van der Waals surface area contributed by atoms with Gasteiger partial charge < -0.3 is 10.5 Å². The van der Waals surface area contributed by atoms with Crippen molar-refractivity contribution < 1.29 is 9.53 Å². The van der Waals surface area contributed by atoms with E-state index < -0.39 is 5.92 Å². The maximum absolute atomic E-state index is 13.1. The minimum atomic E-state index is -0.636. The number of benzene rings is 1. The fourth-order valence-electron chi connectivity index (χ4n) is 4.60. The smallest absolute Gasteiger partial charge is 0.205 e. The van der Waals surface area contributed by atoms with Crippen LogP contribution in [0.2, 0.25) is 0 Å². The Kier molecular flexibility index (Phi) is 5.09. The largest absolute Gasteiger partial charge is 0.444 e.